The zero-order chi connectivity index (χ0) is 9.64. The highest BCUT2D eigenvalue weighted by molar-refractivity contribution is 6.58. The lowest BCUT2D eigenvalue weighted by molar-refractivity contribution is -0.142. The molecule has 0 unspecified atom stereocenters. The number of ether oxygens (including phenoxy) is 1. The van der Waals surface area contributed by atoms with Crippen LogP contribution in [0.5, 0.6) is 0 Å². The monoisotopic (exact) mass is 242 g/mol. The van der Waals surface area contributed by atoms with E-state index < -0.39 is 10.3 Å². The fourth-order valence-electron chi connectivity index (χ4n) is 2.05. The first-order valence-corrected chi connectivity index (χ1v) is 5.45. The molecule has 1 saturated heterocycles. The van der Waals surface area contributed by atoms with Crippen molar-refractivity contribution < 1.29 is 9.53 Å². The molecule has 1 aliphatic carbocycles. The first-order chi connectivity index (χ1) is 6.03. The van der Waals surface area contributed by atoms with E-state index in [1.807, 2.05) is 0 Å². The molecule has 0 aromatic heterocycles. The van der Waals surface area contributed by atoms with Crippen molar-refractivity contribution in [1.29, 1.82) is 0 Å². The molecule has 0 aromatic rings. The van der Waals surface area contributed by atoms with Crippen LogP contribution in [0.4, 0.5) is 0 Å². The van der Waals surface area contributed by atoms with E-state index in [9.17, 15) is 4.79 Å². The zero-order valence-corrected chi connectivity index (χ0v) is 9.07. The van der Waals surface area contributed by atoms with Crippen LogP contribution in [0, 0.1) is 5.92 Å². The number of rotatable bonds is 0. The SMILES string of the molecule is O=C1O[C@@H]2CCC[C@@H](Cl)[C@@H]2C1(Cl)Cl. The van der Waals surface area contributed by atoms with Crippen molar-refractivity contribution >= 4 is 40.8 Å². The molecule has 13 heavy (non-hydrogen) atoms. The summed E-state index contributed by atoms with van der Waals surface area (Å²) in [5.74, 6) is -0.794. The molecule has 1 aliphatic heterocycles. The predicted molar refractivity (Wildman–Crippen MR) is 51.3 cm³/mol. The molecule has 0 aromatic carbocycles. The van der Waals surface area contributed by atoms with Gasteiger partial charge in [0.2, 0.25) is 4.33 Å². The van der Waals surface area contributed by atoms with Gasteiger partial charge in [0.25, 0.3) is 0 Å². The van der Waals surface area contributed by atoms with E-state index in [4.69, 9.17) is 39.5 Å². The van der Waals surface area contributed by atoms with Crippen molar-refractivity contribution in [3.63, 3.8) is 0 Å². The van der Waals surface area contributed by atoms with E-state index in [0.29, 0.717) is 0 Å². The van der Waals surface area contributed by atoms with Crippen LogP contribution >= 0.6 is 34.8 Å². The number of esters is 1. The maximum absolute atomic E-state index is 11.3. The number of fused-ring (bicyclic) bond motifs is 1. The highest BCUT2D eigenvalue weighted by Gasteiger charge is 2.59. The third kappa shape index (κ3) is 1.43. The number of hydrogen-bond donors (Lipinski definition) is 0. The van der Waals surface area contributed by atoms with Gasteiger partial charge in [-0.2, -0.15) is 0 Å². The number of alkyl halides is 3. The summed E-state index contributed by atoms with van der Waals surface area (Å²) in [7, 11) is 0. The smallest absolute Gasteiger partial charge is 0.343 e. The Morgan fingerprint density at radius 1 is 1.38 bits per heavy atom. The molecule has 0 bridgehead atoms. The van der Waals surface area contributed by atoms with Crippen LogP contribution in [-0.2, 0) is 9.53 Å². The molecule has 0 amide bonds. The molecule has 0 radical (unpaired) electrons. The van der Waals surface area contributed by atoms with Gasteiger partial charge in [-0.25, -0.2) is 4.79 Å². The third-order valence-corrected chi connectivity index (χ3v) is 4.01. The number of halogens is 3. The average Bonchev–Trinajstić information content (AvgIpc) is 2.24. The fraction of sp³-hybridized carbons (Fsp3) is 0.875. The molecule has 1 heterocycles. The predicted octanol–water partition coefficient (Wildman–Crippen LogP) is 2.49. The average molecular weight is 244 g/mol. The lowest BCUT2D eigenvalue weighted by Gasteiger charge is -2.30. The van der Waals surface area contributed by atoms with Gasteiger partial charge >= 0.3 is 5.97 Å². The Morgan fingerprint density at radius 3 is 2.69 bits per heavy atom. The van der Waals surface area contributed by atoms with Gasteiger partial charge in [0.15, 0.2) is 0 Å². The van der Waals surface area contributed by atoms with Gasteiger partial charge in [-0.15, -0.1) is 11.6 Å². The topological polar surface area (TPSA) is 26.3 Å². The molecule has 5 heteroatoms. The standard InChI is InChI=1S/C8H9Cl3O2/c9-4-2-1-3-5-6(4)8(10,11)7(12)13-5/h4-6H,1-3H2/t4-,5-,6+/m1/s1. The van der Waals surface area contributed by atoms with E-state index >= 15 is 0 Å². The molecule has 2 aliphatic rings. The summed E-state index contributed by atoms with van der Waals surface area (Å²) >= 11 is 17.9. The lowest BCUT2D eigenvalue weighted by atomic mass is 9.85. The second-order valence-electron chi connectivity index (χ2n) is 3.54. The molecule has 2 rings (SSSR count). The highest BCUT2D eigenvalue weighted by atomic mass is 35.5. The zero-order valence-electron chi connectivity index (χ0n) is 6.80. The summed E-state index contributed by atoms with van der Waals surface area (Å²) in [4.78, 5) is 11.3. The van der Waals surface area contributed by atoms with Crippen LogP contribution in [0.3, 0.4) is 0 Å². The second kappa shape index (κ2) is 3.18. The molecular formula is C8H9Cl3O2. The van der Waals surface area contributed by atoms with Gasteiger partial charge < -0.3 is 4.74 Å². The Hall–Kier alpha value is 0.340. The molecule has 0 N–H and O–H groups in total. The fourth-order valence-corrected chi connectivity index (χ4v) is 3.36. The Balaban J connectivity index is 2.28. The van der Waals surface area contributed by atoms with Gasteiger partial charge in [0.05, 0.1) is 5.92 Å². The maximum atomic E-state index is 11.3. The molecular weight excluding hydrogens is 234 g/mol. The van der Waals surface area contributed by atoms with Crippen LogP contribution in [0.1, 0.15) is 19.3 Å². The van der Waals surface area contributed by atoms with Crippen molar-refractivity contribution in [2.45, 2.75) is 35.1 Å². The van der Waals surface area contributed by atoms with E-state index in [1.165, 1.54) is 0 Å². The summed E-state index contributed by atoms with van der Waals surface area (Å²) in [6.45, 7) is 0. The summed E-state index contributed by atoms with van der Waals surface area (Å²) in [6, 6.07) is 0. The van der Waals surface area contributed by atoms with Crippen LogP contribution in [-0.4, -0.2) is 21.8 Å². The van der Waals surface area contributed by atoms with Crippen molar-refractivity contribution in [2.24, 2.45) is 5.92 Å². The van der Waals surface area contributed by atoms with Crippen LogP contribution in [0.25, 0.3) is 0 Å². The molecule has 0 spiro atoms. The van der Waals surface area contributed by atoms with E-state index in [1.54, 1.807) is 0 Å². The minimum atomic E-state index is -1.43. The summed E-state index contributed by atoms with van der Waals surface area (Å²) < 4.78 is 3.63. The van der Waals surface area contributed by atoms with E-state index in [0.717, 1.165) is 19.3 Å². The Labute approximate surface area is 91.5 Å². The van der Waals surface area contributed by atoms with Crippen molar-refractivity contribution in [2.75, 3.05) is 0 Å². The lowest BCUT2D eigenvalue weighted by Crippen LogP contribution is -2.39. The third-order valence-electron chi connectivity index (χ3n) is 2.71. The van der Waals surface area contributed by atoms with E-state index in [-0.39, 0.29) is 17.4 Å². The van der Waals surface area contributed by atoms with Crippen molar-refractivity contribution in [3.8, 4) is 0 Å². The van der Waals surface area contributed by atoms with Gasteiger partial charge in [-0.3, -0.25) is 0 Å². The summed E-state index contributed by atoms with van der Waals surface area (Å²) in [5, 5.41) is -0.153. The van der Waals surface area contributed by atoms with Crippen molar-refractivity contribution in [1.82, 2.24) is 0 Å². The summed E-state index contributed by atoms with van der Waals surface area (Å²) in [6.07, 6.45) is 2.45. The number of carbonyl (C=O) groups is 1. The largest absolute Gasteiger partial charge is 0.460 e. The number of carbonyl (C=O) groups excluding carboxylic acids is 1. The Kier molecular flexibility index (Phi) is 2.42. The van der Waals surface area contributed by atoms with Gasteiger partial charge in [-0.1, -0.05) is 23.2 Å². The Morgan fingerprint density at radius 2 is 2.08 bits per heavy atom. The minimum Gasteiger partial charge on any atom is -0.460 e. The molecule has 3 atom stereocenters. The molecule has 2 nitrogen and oxygen atoms in total. The first-order valence-electron chi connectivity index (χ1n) is 4.26. The van der Waals surface area contributed by atoms with Crippen LogP contribution < -0.4 is 0 Å². The van der Waals surface area contributed by atoms with Gasteiger partial charge in [0.1, 0.15) is 6.10 Å². The normalized spacial score (nSPS) is 42.7. The Bertz CT molecular complexity index is 242. The quantitative estimate of drug-likeness (QED) is 0.483. The molecule has 74 valence electrons. The molecule has 2 fully saturated rings. The molecule has 1 saturated carbocycles. The first kappa shape index (κ1) is 9.88. The number of hydrogen-bond acceptors (Lipinski definition) is 2. The van der Waals surface area contributed by atoms with Gasteiger partial charge in [-0.05, 0) is 19.3 Å². The minimum absolute atomic E-state index is 0.153. The second-order valence-corrected chi connectivity index (χ2v) is 5.49. The van der Waals surface area contributed by atoms with E-state index in [2.05, 4.69) is 0 Å². The van der Waals surface area contributed by atoms with Crippen molar-refractivity contribution in [3.05, 3.63) is 0 Å². The maximum Gasteiger partial charge on any atom is 0.343 e. The van der Waals surface area contributed by atoms with Gasteiger partial charge in [0, 0.05) is 5.38 Å². The van der Waals surface area contributed by atoms with Crippen LogP contribution in [0.2, 0.25) is 0 Å². The van der Waals surface area contributed by atoms with Crippen LogP contribution in [0.15, 0.2) is 0 Å². The highest BCUT2D eigenvalue weighted by Crippen LogP contribution is 2.49. The summed E-state index contributed by atoms with van der Waals surface area (Å²) in [5.41, 5.74) is 0.